The molecule has 0 aliphatic carbocycles. The second-order valence-corrected chi connectivity index (χ2v) is 8.35. The molecule has 1 amide bonds. The highest BCUT2D eigenvalue weighted by Crippen LogP contribution is 2.28. The maximum absolute atomic E-state index is 12.3. The number of hydrogen-bond donors (Lipinski definition) is 1. The summed E-state index contributed by atoms with van der Waals surface area (Å²) < 4.78 is 1.92. The van der Waals surface area contributed by atoms with Crippen LogP contribution in [0, 0.1) is 0 Å². The predicted octanol–water partition coefficient (Wildman–Crippen LogP) is 5.33. The minimum Gasteiger partial charge on any atom is -0.348 e. The molecule has 1 aromatic heterocycles. The molecule has 0 fully saturated rings. The van der Waals surface area contributed by atoms with Crippen LogP contribution in [-0.2, 0) is 17.8 Å². The summed E-state index contributed by atoms with van der Waals surface area (Å²) in [7, 11) is 0. The summed E-state index contributed by atoms with van der Waals surface area (Å²) in [4.78, 5) is 12.3. The van der Waals surface area contributed by atoms with E-state index in [1.807, 2.05) is 41.0 Å². The SMILES string of the molecule is CCCCSc1nnc(CNC(=O)Cc2ccccc2)n1-c1ccc(Cl)c(Cl)c1. The largest absolute Gasteiger partial charge is 0.348 e. The van der Waals surface area contributed by atoms with Gasteiger partial charge in [0.05, 0.1) is 28.7 Å². The second kappa shape index (κ2) is 10.7. The van der Waals surface area contributed by atoms with E-state index >= 15 is 0 Å². The van der Waals surface area contributed by atoms with Crippen molar-refractivity contribution in [2.24, 2.45) is 0 Å². The third kappa shape index (κ3) is 5.98. The number of thioether (sulfide) groups is 1. The fourth-order valence-electron chi connectivity index (χ4n) is 2.72. The summed E-state index contributed by atoms with van der Waals surface area (Å²) in [6.45, 7) is 2.42. The van der Waals surface area contributed by atoms with E-state index in [4.69, 9.17) is 23.2 Å². The fourth-order valence-corrected chi connectivity index (χ4v) is 4.07. The highest BCUT2D eigenvalue weighted by atomic mass is 35.5. The monoisotopic (exact) mass is 448 g/mol. The molecule has 0 bridgehead atoms. The Kier molecular flexibility index (Phi) is 7.98. The third-order valence-electron chi connectivity index (χ3n) is 4.24. The Bertz CT molecular complexity index is 963. The molecule has 0 atom stereocenters. The summed E-state index contributed by atoms with van der Waals surface area (Å²) in [5.74, 6) is 1.51. The molecule has 0 aliphatic rings. The van der Waals surface area contributed by atoms with Crippen LogP contribution in [0.1, 0.15) is 31.2 Å². The van der Waals surface area contributed by atoms with E-state index in [1.54, 1.807) is 23.9 Å². The molecule has 0 saturated heterocycles. The summed E-state index contributed by atoms with van der Waals surface area (Å²) in [6.07, 6.45) is 2.51. The van der Waals surface area contributed by atoms with Gasteiger partial charge in [-0.1, -0.05) is 78.6 Å². The normalized spacial score (nSPS) is 10.9. The minimum atomic E-state index is -0.0694. The van der Waals surface area contributed by atoms with Gasteiger partial charge in [-0.3, -0.25) is 9.36 Å². The fraction of sp³-hybridized carbons (Fsp3) is 0.286. The first kappa shape index (κ1) is 21.7. The van der Waals surface area contributed by atoms with Crippen LogP contribution < -0.4 is 5.32 Å². The molecule has 0 radical (unpaired) electrons. The highest BCUT2D eigenvalue weighted by Gasteiger charge is 2.16. The molecule has 5 nitrogen and oxygen atoms in total. The first-order valence-corrected chi connectivity index (χ1v) is 11.2. The van der Waals surface area contributed by atoms with Crippen molar-refractivity contribution in [2.75, 3.05) is 5.75 Å². The third-order valence-corrected chi connectivity index (χ3v) is 6.00. The van der Waals surface area contributed by atoms with Gasteiger partial charge < -0.3 is 5.32 Å². The summed E-state index contributed by atoms with van der Waals surface area (Å²) in [5, 5.41) is 13.3. The molecule has 8 heteroatoms. The van der Waals surface area contributed by atoms with E-state index < -0.39 is 0 Å². The van der Waals surface area contributed by atoms with Crippen molar-refractivity contribution in [3.05, 3.63) is 70.0 Å². The van der Waals surface area contributed by atoms with Crippen LogP contribution in [0.5, 0.6) is 0 Å². The Morgan fingerprint density at radius 3 is 2.62 bits per heavy atom. The molecule has 0 unspecified atom stereocenters. The Hall–Kier alpha value is -2.02. The van der Waals surface area contributed by atoms with Crippen molar-refractivity contribution < 1.29 is 4.79 Å². The molecule has 0 aliphatic heterocycles. The van der Waals surface area contributed by atoms with Gasteiger partial charge in [0.2, 0.25) is 5.91 Å². The number of rotatable bonds is 9. The lowest BCUT2D eigenvalue weighted by molar-refractivity contribution is -0.120. The number of aromatic nitrogens is 3. The van der Waals surface area contributed by atoms with Crippen LogP contribution in [-0.4, -0.2) is 26.4 Å². The number of amides is 1. The second-order valence-electron chi connectivity index (χ2n) is 6.47. The summed E-state index contributed by atoms with van der Waals surface area (Å²) in [6, 6.07) is 15.0. The van der Waals surface area contributed by atoms with Crippen molar-refractivity contribution in [1.29, 1.82) is 0 Å². The van der Waals surface area contributed by atoms with Gasteiger partial charge in [0.1, 0.15) is 0 Å². The molecule has 0 spiro atoms. The van der Waals surface area contributed by atoms with Gasteiger partial charge in [-0.05, 0) is 30.2 Å². The maximum Gasteiger partial charge on any atom is 0.224 e. The van der Waals surface area contributed by atoms with E-state index in [9.17, 15) is 4.79 Å². The van der Waals surface area contributed by atoms with E-state index in [0.29, 0.717) is 22.3 Å². The van der Waals surface area contributed by atoms with Crippen molar-refractivity contribution >= 4 is 40.9 Å². The van der Waals surface area contributed by atoms with E-state index in [2.05, 4.69) is 22.4 Å². The van der Waals surface area contributed by atoms with Crippen molar-refractivity contribution in [3.8, 4) is 5.69 Å². The molecule has 3 rings (SSSR count). The molecular weight excluding hydrogens is 427 g/mol. The molecule has 152 valence electrons. The first-order valence-electron chi connectivity index (χ1n) is 9.41. The lowest BCUT2D eigenvalue weighted by atomic mass is 10.1. The van der Waals surface area contributed by atoms with Crippen LogP contribution in [0.25, 0.3) is 5.69 Å². The quantitative estimate of drug-likeness (QED) is 0.355. The zero-order valence-electron chi connectivity index (χ0n) is 16.1. The lowest BCUT2D eigenvalue weighted by Crippen LogP contribution is -2.26. The number of unbranched alkanes of at least 4 members (excludes halogenated alkanes) is 1. The zero-order chi connectivity index (χ0) is 20.6. The number of hydrogen-bond acceptors (Lipinski definition) is 4. The van der Waals surface area contributed by atoms with Gasteiger partial charge in [0, 0.05) is 5.75 Å². The van der Waals surface area contributed by atoms with E-state index in [1.165, 1.54) is 0 Å². The lowest BCUT2D eigenvalue weighted by Gasteiger charge is -2.12. The predicted molar refractivity (Wildman–Crippen MR) is 119 cm³/mol. The van der Waals surface area contributed by atoms with Gasteiger partial charge in [-0.15, -0.1) is 10.2 Å². The number of carbonyl (C=O) groups is 1. The first-order chi connectivity index (χ1) is 14.1. The van der Waals surface area contributed by atoms with Crippen molar-refractivity contribution in [2.45, 2.75) is 37.9 Å². The number of carbonyl (C=O) groups excluding carboxylic acids is 1. The van der Waals surface area contributed by atoms with Gasteiger partial charge in [0.25, 0.3) is 0 Å². The number of halogens is 2. The van der Waals surface area contributed by atoms with E-state index in [-0.39, 0.29) is 12.5 Å². The molecule has 3 aromatic rings. The Labute approximate surface area is 184 Å². The highest BCUT2D eigenvalue weighted by molar-refractivity contribution is 7.99. The van der Waals surface area contributed by atoms with Crippen LogP contribution in [0.3, 0.4) is 0 Å². The standard InChI is InChI=1S/C21H22Cl2N4OS/c1-2-3-11-29-21-26-25-19(27(21)16-9-10-17(22)18(23)13-16)14-24-20(28)12-15-7-5-4-6-8-15/h4-10,13H,2-3,11-12,14H2,1H3,(H,24,28). The smallest absolute Gasteiger partial charge is 0.224 e. The van der Waals surface area contributed by atoms with Gasteiger partial charge in [-0.2, -0.15) is 0 Å². The zero-order valence-corrected chi connectivity index (χ0v) is 18.4. The van der Waals surface area contributed by atoms with E-state index in [0.717, 1.165) is 35.0 Å². The van der Waals surface area contributed by atoms with Gasteiger partial charge >= 0.3 is 0 Å². The molecule has 2 aromatic carbocycles. The average Bonchev–Trinajstić information content (AvgIpc) is 3.12. The van der Waals surface area contributed by atoms with Crippen LogP contribution in [0.2, 0.25) is 10.0 Å². The molecule has 1 N–H and O–H groups in total. The minimum absolute atomic E-state index is 0.0694. The summed E-state index contributed by atoms with van der Waals surface area (Å²) >= 11 is 13.9. The maximum atomic E-state index is 12.3. The van der Waals surface area contributed by atoms with Crippen LogP contribution in [0.15, 0.2) is 53.7 Å². The number of benzene rings is 2. The Morgan fingerprint density at radius 1 is 1.10 bits per heavy atom. The van der Waals surface area contributed by atoms with Crippen molar-refractivity contribution in [1.82, 2.24) is 20.1 Å². The molecule has 1 heterocycles. The van der Waals surface area contributed by atoms with Crippen LogP contribution >= 0.6 is 35.0 Å². The van der Waals surface area contributed by atoms with Crippen LogP contribution in [0.4, 0.5) is 0 Å². The average molecular weight is 449 g/mol. The molecule has 29 heavy (non-hydrogen) atoms. The molecular formula is C21H22Cl2N4OS. The van der Waals surface area contributed by atoms with Gasteiger partial charge in [0.15, 0.2) is 11.0 Å². The molecule has 0 saturated carbocycles. The number of nitrogens with zero attached hydrogens (tertiary/aromatic N) is 3. The summed E-state index contributed by atoms with van der Waals surface area (Å²) in [5.41, 5.74) is 1.78. The van der Waals surface area contributed by atoms with Crippen molar-refractivity contribution in [3.63, 3.8) is 0 Å². The number of nitrogens with one attached hydrogen (secondary N) is 1. The Balaban J connectivity index is 1.78. The van der Waals surface area contributed by atoms with Gasteiger partial charge in [-0.25, -0.2) is 0 Å². The Morgan fingerprint density at radius 2 is 1.90 bits per heavy atom. The topological polar surface area (TPSA) is 59.8 Å².